The Morgan fingerprint density at radius 1 is 0.933 bits per heavy atom. The summed E-state index contributed by atoms with van der Waals surface area (Å²) in [5.74, 6) is 0.234. The average molecular weight is 410 g/mol. The first kappa shape index (κ1) is 20.4. The summed E-state index contributed by atoms with van der Waals surface area (Å²) in [6.45, 7) is 1.64. The smallest absolute Gasteiger partial charge is 0.260 e. The van der Waals surface area contributed by atoms with Gasteiger partial charge in [-0.2, -0.15) is 0 Å². The van der Waals surface area contributed by atoms with E-state index in [1.54, 1.807) is 36.4 Å². The first-order chi connectivity index (χ1) is 14.6. The zero-order valence-electron chi connectivity index (χ0n) is 17.0. The van der Waals surface area contributed by atoms with Crippen molar-refractivity contribution < 1.29 is 18.7 Å². The number of hydrogen-bond acceptors (Lipinski definition) is 3. The summed E-state index contributed by atoms with van der Waals surface area (Å²) in [6.07, 6.45) is 5.57. The number of amides is 2. The highest BCUT2D eigenvalue weighted by atomic mass is 19.1. The maximum Gasteiger partial charge on any atom is 0.260 e. The lowest BCUT2D eigenvalue weighted by Crippen LogP contribution is -2.38. The quantitative estimate of drug-likeness (QED) is 0.773. The molecule has 1 saturated carbocycles. The third kappa shape index (κ3) is 4.32. The van der Waals surface area contributed by atoms with Gasteiger partial charge >= 0.3 is 0 Å². The Kier molecular flexibility index (Phi) is 6.02. The number of nitrogens with one attached hydrogen (secondary N) is 1. The summed E-state index contributed by atoms with van der Waals surface area (Å²) in [4.78, 5) is 27.1. The molecule has 2 fully saturated rings. The van der Waals surface area contributed by atoms with Gasteiger partial charge in [0.2, 0.25) is 5.91 Å². The third-order valence-corrected chi connectivity index (χ3v) is 6.22. The number of nitrogens with zero attached hydrogens (tertiary/aromatic N) is 1. The van der Waals surface area contributed by atoms with Gasteiger partial charge in [-0.15, -0.1) is 0 Å². The lowest BCUT2D eigenvalue weighted by Gasteiger charge is -2.28. The second kappa shape index (κ2) is 8.86. The second-order valence-corrected chi connectivity index (χ2v) is 8.15. The fraction of sp³-hybridized carbons (Fsp3) is 0.417. The highest BCUT2D eigenvalue weighted by Crippen LogP contribution is 2.42. The predicted molar refractivity (Wildman–Crippen MR) is 113 cm³/mol. The Bertz CT molecular complexity index is 884. The largest absolute Gasteiger partial charge is 0.484 e. The Hall–Kier alpha value is -2.89. The molecule has 30 heavy (non-hydrogen) atoms. The van der Waals surface area contributed by atoms with E-state index in [9.17, 15) is 14.0 Å². The van der Waals surface area contributed by atoms with Crippen molar-refractivity contribution in [2.75, 3.05) is 25.0 Å². The summed E-state index contributed by atoms with van der Waals surface area (Å²) >= 11 is 0. The number of likely N-dealkylation sites (tertiary alicyclic amines) is 1. The fourth-order valence-electron chi connectivity index (χ4n) is 4.48. The SMILES string of the molecule is O=C(COc1ccc(NC(=O)C2(c3ccc(F)cc3)CCCC2)cc1)N1CCCC1. The maximum atomic E-state index is 13.3. The molecule has 0 spiro atoms. The minimum Gasteiger partial charge on any atom is -0.484 e. The number of halogens is 1. The van der Waals surface area contributed by atoms with Gasteiger partial charge in [0.1, 0.15) is 11.6 Å². The van der Waals surface area contributed by atoms with Crippen LogP contribution in [-0.4, -0.2) is 36.4 Å². The molecule has 5 nitrogen and oxygen atoms in total. The summed E-state index contributed by atoms with van der Waals surface area (Å²) in [7, 11) is 0. The number of benzene rings is 2. The molecule has 1 heterocycles. The Morgan fingerprint density at radius 3 is 2.20 bits per heavy atom. The number of ether oxygens (including phenoxy) is 1. The predicted octanol–water partition coefficient (Wildman–Crippen LogP) is 4.28. The number of carbonyl (C=O) groups excluding carboxylic acids is 2. The van der Waals surface area contributed by atoms with Gasteiger partial charge in [-0.05, 0) is 67.6 Å². The maximum absolute atomic E-state index is 13.3. The van der Waals surface area contributed by atoms with Crippen molar-refractivity contribution in [2.45, 2.75) is 43.9 Å². The normalized spacial score (nSPS) is 17.7. The van der Waals surface area contributed by atoms with Crippen molar-refractivity contribution in [3.63, 3.8) is 0 Å². The van der Waals surface area contributed by atoms with E-state index in [1.807, 2.05) is 4.90 Å². The number of carbonyl (C=O) groups is 2. The van der Waals surface area contributed by atoms with Gasteiger partial charge in [-0.3, -0.25) is 9.59 Å². The van der Waals surface area contributed by atoms with E-state index in [-0.39, 0.29) is 24.2 Å². The van der Waals surface area contributed by atoms with Gasteiger partial charge in [0.05, 0.1) is 5.41 Å². The minimum absolute atomic E-state index is 0.00681. The molecule has 0 radical (unpaired) electrons. The topological polar surface area (TPSA) is 58.6 Å². The molecule has 1 aliphatic carbocycles. The van der Waals surface area contributed by atoms with E-state index in [4.69, 9.17) is 4.74 Å². The molecular weight excluding hydrogens is 383 g/mol. The van der Waals surface area contributed by atoms with Crippen LogP contribution in [0.3, 0.4) is 0 Å². The molecule has 6 heteroatoms. The van der Waals surface area contributed by atoms with Crippen LogP contribution in [0.25, 0.3) is 0 Å². The molecule has 0 bridgehead atoms. The molecule has 158 valence electrons. The molecule has 0 unspecified atom stereocenters. The number of anilines is 1. The van der Waals surface area contributed by atoms with E-state index in [0.717, 1.165) is 57.2 Å². The van der Waals surface area contributed by atoms with Gasteiger partial charge in [-0.25, -0.2) is 4.39 Å². The molecule has 2 aromatic rings. The van der Waals surface area contributed by atoms with E-state index >= 15 is 0 Å². The first-order valence-corrected chi connectivity index (χ1v) is 10.6. The van der Waals surface area contributed by atoms with Crippen LogP contribution in [-0.2, 0) is 15.0 Å². The highest BCUT2D eigenvalue weighted by Gasteiger charge is 2.42. The van der Waals surface area contributed by atoms with Gasteiger partial charge in [-0.1, -0.05) is 25.0 Å². The van der Waals surface area contributed by atoms with Crippen molar-refractivity contribution in [2.24, 2.45) is 0 Å². The van der Waals surface area contributed by atoms with Crippen LogP contribution in [0.2, 0.25) is 0 Å². The molecular formula is C24H27FN2O3. The lowest BCUT2D eigenvalue weighted by atomic mass is 9.78. The molecule has 2 aromatic carbocycles. The molecule has 2 aliphatic rings. The second-order valence-electron chi connectivity index (χ2n) is 8.15. The summed E-state index contributed by atoms with van der Waals surface area (Å²) < 4.78 is 18.9. The van der Waals surface area contributed by atoms with Crippen LogP contribution < -0.4 is 10.1 Å². The number of hydrogen-bond donors (Lipinski definition) is 1. The van der Waals surface area contributed by atoms with Crippen LogP contribution in [0.5, 0.6) is 5.75 Å². The Morgan fingerprint density at radius 2 is 1.57 bits per heavy atom. The molecule has 1 aliphatic heterocycles. The van der Waals surface area contributed by atoms with Crippen LogP contribution in [0, 0.1) is 5.82 Å². The van der Waals surface area contributed by atoms with Crippen molar-refractivity contribution in [1.82, 2.24) is 4.90 Å². The Balaban J connectivity index is 1.38. The zero-order valence-corrected chi connectivity index (χ0v) is 17.0. The van der Waals surface area contributed by atoms with Crippen LogP contribution in [0.15, 0.2) is 48.5 Å². The van der Waals surface area contributed by atoms with Crippen molar-refractivity contribution in [1.29, 1.82) is 0 Å². The van der Waals surface area contributed by atoms with E-state index < -0.39 is 5.41 Å². The molecule has 1 N–H and O–H groups in total. The molecule has 0 aromatic heterocycles. The summed E-state index contributed by atoms with van der Waals surface area (Å²) in [6, 6.07) is 13.3. The van der Waals surface area contributed by atoms with Crippen LogP contribution >= 0.6 is 0 Å². The third-order valence-electron chi connectivity index (χ3n) is 6.22. The number of rotatable bonds is 6. The van der Waals surface area contributed by atoms with Gasteiger partial charge in [0.15, 0.2) is 6.61 Å². The summed E-state index contributed by atoms with van der Waals surface area (Å²) in [5, 5.41) is 3.01. The van der Waals surface area contributed by atoms with E-state index in [0.29, 0.717) is 11.4 Å². The monoisotopic (exact) mass is 410 g/mol. The van der Waals surface area contributed by atoms with Gasteiger partial charge in [0.25, 0.3) is 5.91 Å². The van der Waals surface area contributed by atoms with Crippen LogP contribution in [0.1, 0.15) is 44.1 Å². The molecule has 1 saturated heterocycles. The lowest BCUT2D eigenvalue weighted by molar-refractivity contribution is -0.132. The first-order valence-electron chi connectivity index (χ1n) is 10.6. The Labute approximate surface area is 176 Å². The van der Waals surface area contributed by atoms with Crippen molar-refractivity contribution in [3.8, 4) is 5.75 Å². The molecule has 2 amide bonds. The van der Waals surface area contributed by atoms with E-state index in [2.05, 4.69) is 5.32 Å². The highest BCUT2D eigenvalue weighted by molar-refractivity contribution is 5.99. The van der Waals surface area contributed by atoms with Gasteiger partial charge in [0, 0.05) is 18.8 Å². The zero-order chi connectivity index (χ0) is 21.0. The van der Waals surface area contributed by atoms with E-state index in [1.165, 1.54) is 12.1 Å². The van der Waals surface area contributed by atoms with Crippen LogP contribution in [0.4, 0.5) is 10.1 Å². The fourth-order valence-corrected chi connectivity index (χ4v) is 4.48. The standard InChI is InChI=1S/C24H27FN2O3/c25-19-7-5-18(6-8-19)24(13-1-2-14-24)23(29)26-20-9-11-21(12-10-20)30-17-22(28)27-15-3-4-16-27/h5-12H,1-4,13-17H2,(H,26,29). The average Bonchev–Trinajstić information content (AvgIpc) is 3.46. The molecule has 0 atom stereocenters. The molecule has 4 rings (SSSR count). The summed E-state index contributed by atoms with van der Waals surface area (Å²) in [5.41, 5.74) is 0.913. The van der Waals surface area contributed by atoms with Crippen molar-refractivity contribution in [3.05, 3.63) is 59.9 Å². The van der Waals surface area contributed by atoms with Crippen molar-refractivity contribution >= 4 is 17.5 Å². The minimum atomic E-state index is -0.620. The van der Waals surface area contributed by atoms with Gasteiger partial charge < -0.3 is 15.0 Å².